The maximum atomic E-state index is 12.4. The van der Waals surface area contributed by atoms with Crippen molar-refractivity contribution in [3.05, 3.63) is 82.9 Å². The predicted molar refractivity (Wildman–Crippen MR) is 117 cm³/mol. The van der Waals surface area contributed by atoms with E-state index in [1.165, 1.54) is 18.4 Å². The number of carbonyl (C=O) groups excluding carboxylic acids is 1. The SMILES string of the molecule is CCCCc1ccc(-n2nc3ccc(NC(=O)c4cccc(Cl)c4)cc3n2)cc1. The number of rotatable bonds is 6. The van der Waals surface area contributed by atoms with E-state index in [9.17, 15) is 4.79 Å². The second-order valence-corrected chi connectivity index (χ2v) is 7.36. The molecule has 3 aromatic carbocycles. The molecule has 1 heterocycles. The number of fused-ring (bicyclic) bond motifs is 1. The van der Waals surface area contributed by atoms with Crippen molar-refractivity contribution in [2.24, 2.45) is 0 Å². The molecular weight excluding hydrogens is 384 g/mol. The molecule has 1 aromatic heterocycles. The zero-order valence-electron chi connectivity index (χ0n) is 16.1. The summed E-state index contributed by atoms with van der Waals surface area (Å²) < 4.78 is 0. The molecule has 5 nitrogen and oxygen atoms in total. The molecule has 0 bridgehead atoms. The third-order valence-corrected chi connectivity index (χ3v) is 4.95. The van der Waals surface area contributed by atoms with Gasteiger partial charge in [-0.25, -0.2) is 0 Å². The maximum absolute atomic E-state index is 12.4. The lowest BCUT2D eigenvalue weighted by molar-refractivity contribution is 0.102. The van der Waals surface area contributed by atoms with E-state index in [1.807, 2.05) is 30.3 Å². The number of amides is 1. The number of carbonyl (C=O) groups is 1. The average molecular weight is 405 g/mol. The molecule has 0 aliphatic heterocycles. The van der Waals surface area contributed by atoms with E-state index in [0.717, 1.165) is 17.6 Å². The number of nitrogens with zero attached hydrogens (tertiary/aromatic N) is 3. The van der Waals surface area contributed by atoms with E-state index < -0.39 is 0 Å². The van der Waals surface area contributed by atoms with Gasteiger partial charge in [0.15, 0.2) is 0 Å². The zero-order chi connectivity index (χ0) is 20.2. The highest BCUT2D eigenvalue weighted by molar-refractivity contribution is 6.31. The van der Waals surface area contributed by atoms with Crippen LogP contribution in [0.3, 0.4) is 0 Å². The molecule has 4 aromatic rings. The van der Waals surface area contributed by atoms with Crippen LogP contribution in [-0.2, 0) is 6.42 Å². The fourth-order valence-electron chi connectivity index (χ4n) is 3.12. The smallest absolute Gasteiger partial charge is 0.255 e. The van der Waals surface area contributed by atoms with Gasteiger partial charge in [-0.1, -0.05) is 43.1 Å². The maximum Gasteiger partial charge on any atom is 0.255 e. The Hall–Kier alpha value is -3.18. The van der Waals surface area contributed by atoms with Crippen molar-refractivity contribution in [3.63, 3.8) is 0 Å². The van der Waals surface area contributed by atoms with Gasteiger partial charge in [0.1, 0.15) is 11.0 Å². The minimum absolute atomic E-state index is 0.220. The Morgan fingerprint density at radius 2 is 1.79 bits per heavy atom. The molecule has 146 valence electrons. The number of hydrogen-bond acceptors (Lipinski definition) is 3. The van der Waals surface area contributed by atoms with Crippen molar-refractivity contribution in [1.82, 2.24) is 15.0 Å². The van der Waals surface area contributed by atoms with Gasteiger partial charge in [-0.3, -0.25) is 4.79 Å². The minimum Gasteiger partial charge on any atom is -0.322 e. The number of hydrogen-bond donors (Lipinski definition) is 1. The second-order valence-electron chi connectivity index (χ2n) is 6.93. The van der Waals surface area contributed by atoms with Crippen LogP contribution >= 0.6 is 11.6 Å². The molecule has 29 heavy (non-hydrogen) atoms. The normalized spacial score (nSPS) is 11.0. The van der Waals surface area contributed by atoms with Gasteiger partial charge in [-0.05, 0) is 66.9 Å². The van der Waals surface area contributed by atoms with Gasteiger partial charge in [0.2, 0.25) is 0 Å². The second kappa shape index (κ2) is 8.45. The van der Waals surface area contributed by atoms with Gasteiger partial charge in [-0.2, -0.15) is 4.80 Å². The molecule has 0 saturated carbocycles. The van der Waals surface area contributed by atoms with Crippen LogP contribution in [0.2, 0.25) is 5.02 Å². The molecule has 1 N–H and O–H groups in total. The van der Waals surface area contributed by atoms with Crippen LogP contribution in [0.15, 0.2) is 66.7 Å². The summed E-state index contributed by atoms with van der Waals surface area (Å²) in [7, 11) is 0. The molecule has 4 rings (SSSR count). The Balaban J connectivity index is 1.54. The third-order valence-electron chi connectivity index (χ3n) is 4.71. The lowest BCUT2D eigenvalue weighted by atomic mass is 10.1. The fourth-order valence-corrected chi connectivity index (χ4v) is 3.31. The van der Waals surface area contributed by atoms with Gasteiger partial charge in [0.05, 0.1) is 5.69 Å². The number of anilines is 1. The van der Waals surface area contributed by atoms with Crippen molar-refractivity contribution in [2.45, 2.75) is 26.2 Å². The summed E-state index contributed by atoms with van der Waals surface area (Å²) in [4.78, 5) is 14.0. The average Bonchev–Trinajstić information content (AvgIpc) is 3.16. The van der Waals surface area contributed by atoms with Crippen LogP contribution in [0.1, 0.15) is 35.7 Å². The highest BCUT2D eigenvalue weighted by Gasteiger charge is 2.10. The number of nitrogens with one attached hydrogen (secondary N) is 1. The molecule has 0 radical (unpaired) electrons. The lowest BCUT2D eigenvalue weighted by Crippen LogP contribution is -2.11. The van der Waals surface area contributed by atoms with Crippen LogP contribution in [-0.4, -0.2) is 20.9 Å². The first kappa shape index (κ1) is 19.2. The Bertz CT molecular complexity index is 1150. The summed E-state index contributed by atoms with van der Waals surface area (Å²) in [6, 6.07) is 20.6. The Morgan fingerprint density at radius 3 is 2.55 bits per heavy atom. The minimum atomic E-state index is -0.220. The number of unbranched alkanes of at least 4 members (excludes halogenated alkanes) is 1. The van der Waals surface area contributed by atoms with Crippen LogP contribution < -0.4 is 5.32 Å². The molecule has 0 atom stereocenters. The summed E-state index contributed by atoms with van der Waals surface area (Å²) in [6.07, 6.45) is 3.46. The van der Waals surface area contributed by atoms with Crippen LogP contribution in [0, 0.1) is 0 Å². The van der Waals surface area contributed by atoms with E-state index >= 15 is 0 Å². The van der Waals surface area contributed by atoms with Crippen molar-refractivity contribution < 1.29 is 4.79 Å². The number of benzene rings is 3. The molecule has 0 unspecified atom stereocenters. The summed E-state index contributed by atoms with van der Waals surface area (Å²) in [5, 5.41) is 12.5. The monoisotopic (exact) mass is 404 g/mol. The first-order valence-corrected chi connectivity index (χ1v) is 10.0. The van der Waals surface area contributed by atoms with Crippen LogP contribution in [0.5, 0.6) is 0 Å². The summed E-state index contributed by atoms with van der Waals surface area (Å²) in [6.45, 7) is 2.19. The van der Waals surface area contributed by atoms with Crippen molar-refractivity contribution in [3.8, 4) is 5.69 Å². The molecule has 0 aliphatic rings. The van der Waals surface area contributed by atoms with Gasteiger partial charge in [0.25, 0.3) is 5.91 Å². The first-order valence-electron chi connectivity index (χ1n) is 9.66. The molecule has 0 spiro atoms. The third kappa shape index (κ3) is 4.46. The zero-order valence-corrected chi connectivity index (χ0v) is 16.9. The van der Waals surface area contributed by atoms with Crippen LogP contribution in [0.25, 0.3) is 16.7 Å². The summed E-state index contributed by atoms with van der Waals surface area (Å²) in [5.74, 6) is -0.220. The Labute approximate surface area is 174 Å². The number of aromatic nitrogens is 3. The molecule has 0 aliphatic carbocycles. The predicted octanol–water partition coefficient (Wildman–Crippen LogP) is 5.67. The molecule has 0 fully saturated rings. The lowest BCUT2D eigenvalue weighted by Gasteiger charge is -2.05. The summed E-state index contributed by atoms with van der Waals surface area (Å²) in [5.41, 5.74) is 4.86. The van der Waals surface area contributed by atoms with E-state index in [0.29, 0.717) is 21.8 Å². The van der Waals surface area contributed by atoms with Crippen molar-refractivity contribution >= 4 is 34.2 Å². The van der Waals surface area contributed by atoms with Crippen molar-refractivity contribution in [1.29, 1.82) is 0 Å². The van der Waals surface area contributed by atoms with E-state index in [2.05, 4.69) is 34.6 Å². The number of aryl methyl sites for hydroxylation is 1. The topological polar surface area (TPSA) is 59.8 Å². The van der Waals surface area contributed by atoms with E-state index in [-0.39, 0.29) is 5.91 Å². The fraction of sp³-hybridized carbons (Fsp3) is 0.174. The highest BCUT2D eigenvalue weighted by atomic mass is 35.5. The molecule has 6 heteroatoms. The standard InChI is InChI=1S/C23H21ClN4O/c1-2-3-5-16-8-11-20(12-9-16)28-26-21-13-10-19(15-22(21)27-28)25-23(29)17-6-4-7-18(24)14-17/h4,6-15H,2-3,5H2,1H3,(H,25,29). The Morgan fingerprint density at radius 1 is 1.00 bits per heavy atom. The van der Waals surface area contributed by atoms with E-state index in [4.69, 9.17) is 11.6 Å². The van der Waals surface area contributed by atoms with Gasteiger partial charge in [0, 0.05) is 16.3 Å². The molecule has 1 amide bonds. The summed E-state index contributed by atoms with van der Waals surface area (Å²) >= 11 is 5.96. The van der Waals surface area contributed by atoms with Gasteiger partial charge < -0.3 is 5.32 Å². The van der Waals surface area contributed by atoms with Crippen LogP contribution in [0.4, 0.5) is 5.69 Å². The van der Waals surface area contributed by atoms with Crippen molar-refractivity contribution in [2.75, 3.05) is 5.32 Å². The molecular formula is C23H21ClN4O. The highest BCUT2D eigenvalue weighted by Crippen LogP contribution is 2.19. The Kier molecular flexibility index (Phi) is 5.58. The molecule has 0 saturated heterocycles. The number of halogens is 1. The van der Waals surface area contributed by atoms with Gasteiger partial charge in [-0.15, -0.1) is 10.2 Å². The van der Waals surface area contributed by atoms with E-state index in [1.54, 1.807) is 29.1 Å². The first-order chi connectivity index (χ1) is 14.1. The largest absolute Gasteiger partial charge is 0.322 e. The van der Waals surface area contributed by atoms with Gasteiger partial charge >= 0.3 is 0 Å². The quantitative estimate of drug-likeness (QED) is 0.450.